The van der Waals surface area contributed by atoms with Crippen LogP contribution in [0, 0.1) is 6.92 Å². The topological polar surface area (TPSA) is 58.6 Å². The molecule has 158 valence electrons. The van der Waals surface area contributed by atoms with E-state index in [2.05, 4.69) is 5.32 Å². The molecular weight excluding hydrogens is 388 g/mol. The van der Waals surface area contributed by atoms with Crippen LogP contribution in [0.5, 0.6) is 5.75 Å². The predicted octanol–water partition coefficient (Wildman–Crippen LogP) is 4.41. The first-order valence-electron chi connectivity index (χ1n) is 10.5. The van der Waals surface area contributed by atoms with E-state index in [4.69, 9.17) is 4.74 Å². The molecular formula is C26H26N2O3. The SMILES string of the molecule is Cc1ccc(C(NC(=O)COc2ccc(N3CCCC3=O)cc2)c2ccccc2)cc1. The molecule has 1 aliphatic rings. The van der Waals surface area contributed by atoms with Crippen LogP contribution in [0.15, 0.2) is 78.9 Å². The average molecular weight is 415 g/mol. The number of carbonyl (C=O) groups excluding carboxylic acids is 2. The molecule has 4 rings (SSSR count). The maximum absolute atomic E-state index is 12.7. The number of rotatable bonds is 7. The van der Waals surface area contributed by atoms with E-state index in [1.54, 1.807) is 17.0 Å². The number of nitrogens with one attached hydrogen (secondary N) is 1. The van der Waals surface area contributed by atoms with E-state index in [0.717, 1.165) is 29.8 Å². The number of hydrogen-bond donors (Lipinski definition) is 1. The molecule has 1 atom stereocenters. The molecule has 0 bridgehead atoms. The minimum absolute atomic E-state index is 0.0861. The highest BCUT2D eigenvalue weighted by Gasteiger charge is 2.21. The first-order chi connectivity index (χ1) is 15.1. The predicted molar refractivity (Wildman–Crippen MR) is 121 cm³/mol. The number of carbonyl (C=O) groups is 2. The number of nitrogens with zero attached hydrogens (tertiary/aromatic N) is 1. The summed E-state index contributed by atoms with van der Waals surface area (Å²) in [5.74, 6) is 0.543. The van der Waals surface area contributed by atoms with E-state index in [0.29, 0.717) is 12.2 Å². The number of ether oxygens (including phenoxy) is 1. The van der Waals surface area contributed by atoms with Gasteiger partial charge in [0, 0.05) is 18.7 Å². The summed E-state index contributed by atoms with van der Waals surface area (Å²) in [6.45, 7) is 2.71. The largest absolute Gasteiger partial charge is 0.484 e. The highest BCUT2D eigenvalue weighted by molar-refractivity contribution is 5.95. The summed E-state index contributed by atoms with van der Waals surface area (Å²) < 4.78 is 5.69. The lowest BCUT2D eigenvalue weighted by Gasteiger charge is -2.20. The van der Waals surface area contributed by atoms with Crippen LogP contribution in [0.25, 0.3) is 0 Å². The van der Waals surface area contributed by atoms with Crippen LogP contribution in [0.2, 0.25) is 0 Å². The lowest BCUT2D eigenvalue weighted by Crippen LogP contribution is -2.33. The first-order valence-corrected chi connectivity index (χ1v) is 10.5. The highest BCUT2D eigenvalue weighted by Crippen LogP contribution is 2.25. The molecule has 5 nitrogen and oxygen atoms in total. The Morgan fingerprint density at radius 2 is 1.65 bits per heavy atom. The molecule has 0 spiro atoms. The molecule has 1 N–H and O–H groups in total. The quantitative estimate of drug-likeness (QED) is 0.623. The lowest BCUT2D eigenvalue weighted by atomic mass is 9.98. The van der Waals surface area contributed by atoms with E-state index in [1.807, 2.05) is 73.7 Å². The monoisotopic (exact) mass is 414 g/mol. The normalized spacial score (nSPS) is 14.4. The van der Waals surface area contributed by atoms with E-state index in [1.165, 1.54) is 5.56 Å². The zero-order chi connectivity index (χ0) is 21.6. The van der Waals surface area contributed by atoms with Crippen molar-refractivity contribution >= 4 is 17.5 Å². The van der Waals surface area contributed by atoms with Gasteiger partial charge in [0.25, 0.3) is 5.91 Å². The third kappa shape index (κ3) is 5.12. The molecule has 0 saturated carbocycles. The second-order valence-corrected chi connectivity index (χ2v) is 7.75. The second-order valence-electron chi connectivity index (χ2n) is 7.75. The van der Waals surface area contributed by atoms with E-state index < -0.39 is 0 Å². The standard InChI is InChI=1S/C26H26N2O3/c1-19-9-11-21(12-10-19)26(20-6-3-2-4-7-20)27-24(29)18-31-23-15-13-22(14-16-23)28-17-5-8-25(28)30/h2-4,6-7,9-16,26H,5,8,17-18H2,1H3,(H,27,29). The Hall–Kier alpha value is -3.60. The molecule has 3 aromatic carbocycles. The number of anilines is 1. The molecule has 1 saturated heterocycles. The van der Waals surface area contributed by atoms with Crippen LogP contribution in [-0.4, -0.2) is 25.0 Å². The minimum Gasteiger partial charge on any atom is -0.484 e. The van der Waals surface area contributed by atoms with Gasteiger partial charge in [0.15, 0.2) is 6.61 Å². The van der Waals surface area contributed by atoms with Crippen molar-refractivity contribution in [1.29, 1.82) is 0 Å². The van der Waals surface area contributed by atoms with Gasteiger partial charge < -0.3 is 15.0 Å². The number of benzene rings is 3. The Labute approximate surface area is 182 Å². The van der Waals surface area contributed by atoms with Gasteiger partial charge in [-0.15, -0.1) is 0 Å². The maximum Gasteiger partial charge on any atom is 0.258 e. The van der Waals surface area contributed by atoms with Crippen molar-refractivity contribution < 1.29 is 14.3 Å². The maximum atomic E-state index is 12.7. The molecule has 3 aromatic rings. The average Bonchev–Trinajstić information content (AvgIpc) is 3.23. The number of aryl methyl sites for hydroxylation is 1. The molecule has 0 aromatic heterocycles. The van der Waals surface area contributed by atoms with Crippen molar-refractivity contribution in [3.05, 3.63) is 95.6 Å². The minimum atomic E-state index is -0.249. The molecule has 1 unspecified atom stereocenters. The van der Waals surface area contributed by atoms with Crippen molar-refractivity contribution in [3.8, 4) is 5.75 Å². The van der Waals surface area contributed by atoms with Crippen molar-refractivity contribution in [2.75, 3.05) is 18.1 Å². The fraction of sp³-hybridized carbons (Fsp3) is 0.231. The van der Waals surface area contributed by atoms with Gasteiger partial charge in [-0.1, -0.05) is 60.2 Å². The Morgan fingerprint density at radius 1 is 0.968 bits per heavy atom. The summed E-state index contributed by atoms with van der Waals surface area (Å²) in [4.78, 5) is 26.3. The van der Waals surface area contributed by atoms with Crippen LogP contribution in [0.3, 0.4) is 0 Å². The van der Waals surface area contributed by atoms with E-state index in [-0.39, 0.29) is 24.5 Å². The Balaban J connectivity index is 1.40. The summed E-state index contributed by atoms with van der Waals surface area (Å²) in [5, 5.41) is 3.08. The van der Waals surface area contributed by atoms with Gasteiger partial charge in [-0.3, -0.25) is 9.59 Å². The fourth-order valence-corrected chi connectivity index (χ4v) is 3.76. The van der Waals surface area contributed by atoms with Crippen molar-refractivity contribution in [2.45, 2.75) is 25.8 Å². The van der Waals surface area contributed by atoms with Gasteiger partial charge >= 0.3 is 0 Å². The van der Waals surface area contributed by atoms with Gasteiger partial charge in [-0.05, 0) is 48.7 Å². The fourth-order valence-electron chi connectivity index (χ4n) is 3.76. The zero-order valence-corrected chi connectivity index (χ0v) is 17.6. The molecule has 1 aliphatic heterocycles. The Bertz CT molecular complexity index is 1030. The second kappa shape index (κ2) is 9.47. The van der Waals surface area contributed by atoms with E-state index >= 15 is 0 Å². The third-order valence-corrected chi connectivity index (χ3v) is 5.44. The summed E-state index contributed by atoms with van der Waals surface area (Å²) >= 11 is 0. The summed E-state index contributed by atoms with van der Waals surface area (Å²) in [7, 11) is 0. The van der Waals surface area contributed by atoms with Crippen molar-refractivity contribution in [2.24, 2.45) is 0 Å². The summed E-state index contributed by atoms with van der Waals surface area (Å²) in [5.41, 5.74) is 4.07. The van der Waals surface area contributed by atoms with Gasteiger partial charge in [-0.25, -0.2) is 0 Å². The summed E-state index contributed by atoms with van der Waals surface area (Å²) in [6, 6.07) is 25.1. The summed E-state index contributed by atoms with van der Waals surface area (Å²) in [6.07, 6.45) is 1.49. The van der Waals surface area contributed by atoms with Crippen molar-refractivity contribution in [3.63, 3.8) is 0 Å². The first kappa shape index (κ1) is 20.7. The highest BCUT2D eigenvalue weighted by atomic mass is 16.5. The van der Waals surface area contributed by atoms with Gasteiger partial charge in [-0.2, -0.15) is 0 Å². The Kier molecular flexibility index (Phi) is 6.32. The van der Waals surface area contributed by atoms with Crippen LogP contribution in [0.1, 0.15) is 35.6 Å². The molecule has 1 fully saturated rings. The zero-order valence-electron chi connectivity index (χ0n) is 17.6. The molecule has 0 aliphatic carbocycles. The molecule has 31 heavy (non-hydrogen) atoms. The number of hydrogen-bond acceptors (Lipinski definition) is 3. The molecule has 1 heterocycles. The van der Waals surface area contributed by atoms with Gasteiger partial charge in [0.05, 0.1) is 6.04 Å². The van der Waals surface area contributed by atoms with Crippen LogP contribution >= 0.6 is 0 Å². The Morgan fingerprint density at radius 3 is 2.29 bits per heavy atom. The van der Waals surface area contributed by atoms with E-state index in [9.17, 15) is 9.59 Å². The molecule has 5 heteroatoms. The third-order valence-electron chi connectivity index (χ3n) is 5.44. The smallest absolute Gasteiger partial charge is 0.258 e. The van der Waals surface area contributed by atoms with Crippen LogP contribution < -0.4 is 15.0 Å². The van der Waals surface area contributed by atoms with Gasteiger partial charge in [0.2, 0.25) is 5.91 Å². The molecule has 2 amide bonds. The van der Waals surface area contributed by atoms with Crippen LogP contribution in [0.4, 0.5) is 5.69 Å². The lowest BCUT2D eigenvalue weighted by molar-refractivity contribution is -0.123. The van der Waals surface area contributed by atoms with Crippen LogP contribution in [-0.2, 0) is 9.59 Å². The number of amides is 2. The van der Waals surface area contributed by atoms with Gasteiger partial charge in [0.1, 0.15) is 5.75 Å². The van der Waals surface area contributed by atoms with Crippen molar-refractivity contribution in [1.82, 2.24) is 5.32 Å². The molecule has 0 radical (unpaired) electrons.